The zero-order valence-electron chi connectivity index (χ0n) is 16.2. The van der Waals surface area contributed by atoms with E-state index in [1.165, 1.54) is 10.7 Å². The molecule has 30 heavy (non-hydrogen) atoms. The number of carbonyl (C=O) groups is 1. The number of hydrogen-bond acceptors (Lipinski definition) is 4. The SMILES string of the molecule is O=C(Cn1nc(-c2ccncc2)ccc1=O)NC(c1ccccc1)c1ccccc1. The van der Waals surface area contributed by atoms with E-state index in [1.807, 2.05) is 60.7 Å². The lowest BCUT2D eigenvalue weighted by atomic mass is 9.99. The number of nitrogens with zero attached hydrogens (tertiary/aromatic N) is 3. The van der Waals surface area contributed by atoms with E-state index >= 15 is 0 Å². The van der Waals surface area contributed by atoms with Crippen molar-refractivity contribution in [3.8, 4) is 11.3 Å². The van der Waals surface area contributed by atoms with Crippen LogP contribution in [0.3, 0.4) is 0 Å². The molecule has 4 rings (SSSR count). The second-order valence-corrected chi connectivity index (χ2v) is 6.77. The lowest BCUT2D eigenvalue weighted by Crippen LogP contribution is -2.36. The van der Waals surface area contributed by atoms with Gasteiger partial charge in [-0.2, -0.15) is 5.10 Å². The Morgan fingerprint density at radius 2 is 1.43 bits per heavy atom. The maximum atomic E-state index is 12.8. The summed E-state index contributed by atoms with van der Waals surface area (Å²) >= 11 is 0. The highest BCUT2D eigenvalue weighted by Gasteiger charge is 2.17. The van der Waals surface area contributed by atoms with E-state index in [2.05, 4.69) is 15.4 Å². The molecular formula is C24H20N4O2. The summed E-state index contributed by atoms with van der Waals surface area (Å²) in [5.74, 6) is -0.297. The predicted molar refractivity (Wildman–Crippen MR) is 115 cm³/mol. The van der Waals surface area contributed by atoms with E-state index in [9.17, 15) is 9.59 Å². The van der Waals surface area contributed by atoms with E-state index in [0.29, 0.717) is 5.69 Å². The quantitative estimate of drug-likeness (QED) is 0.543. The van der Waals surface area contributed by atoms with E-state index < -0.39 is 0 Å². The Morgan fingerprint density at radius 1 is 0.833 bits per heavy atom. The molecule has 0 atom stereocenters. The number of amides is 1. The first kappa shape index (κ1) is 19.3. The van der Waals surface area contributed by atoms with Gasteiger partial charge in [-0.05, 0) is 29.3 Å². The van der Waals surface area contributed by atoms with Crippen molar-refractivity contribution < 1.29 is 4.79 Å². The first-order valence-electron chi connectivity index (χ1n) is 9.58. The summed E-state index contributed by atoms with van der Waals surface area (Å²) in [6, 6.07) is 25.8. The Kier molecular flexibility index (Phi) is 5.75. The normalized spacial score (nSPS) is 10.7. The third-order valence-electron chi connectivity index (χ3n) is 4.71. The van der Waals surface area contributed by atoms with Crippen LogP contribution in [0.5, 0.6) is 0 Å². The van der Waals surface area contributed by atoms with Gasteiger partial charge in [0, 0.05) is 24.0 Å². The molecule has 6 nitrogen and oxygen atoms in total. The number of nitrogens with one attached hydrogen (secondary N) is 1. The van der Waals surface area contributed by atoms with Gasteiger partial charge < -0.3 is 5.32 Å². The van der Waals surface area contributed by atoms with Crippen molar-refractivity contribution in [1.82, 2.24) is 20.1 Å². The van der Waals surface area contributed by atoms with Gasteiger partial charge in [-0.1, -0.05) is 60.7 Å². The van der Waals surface area contributed by atoms with Crippen LogP contribution in [0.4, 0.5) is 0 Å². The molecule has 0 aliphatic carbocycles. The molecule has 2 aromatic carbocycles. The van der Waals surface area contributed by atoms with Crippen molar-refractivity contribution in [3.05, 3.63) is 119 Å². The van der Waals surface area contributed by atoms with Crippen LogP contribution in [0.2, 0.25) is 0 Å². The first-order chi connectivity index (χ1) is 14.7. The highest BCUT2D eigenvalue weighted by atomic mass is 16.2. The summed E-state index contributed by atoms with van der Waals surface area (Å²) in [6.07, 6.45) is 3.31. The maximum Gasteiger partial charge on any atom is 0.267 e. The predicted octanol–water partition coefficient (Wildman–Crippen LogP) is 3.21. The average molecular weight is 396 g/mol. The van der Waals surface area contributed by atoms with Crippen LogP contribution in [0.25, 0.3) is 11.3 Å². The topological polar surface area (TPSA) is 76.9 Å². The molecule has 0 spiro atoms. The molecule has 0 saturated carbocycles. The van der Waals surface area contributed by atoms with Gasteiger partial charge in [-0.3, -0.25) is 14.6 Å². The van der Waals surface area contributed by atoms with Crippen molar-refractivity contribution >= 4 is 5.91 Å². The summed E-state index contributed by atoms with van der Waals surface area (Å²) in [7, 11) is 0. The molecule has 0 saturated heterocycles. The summed E-state index contributed by atoms with van der Waals surface area (Å²) in [6.45, 7) is -0.173. The molecule has 1 amide bonds. The number of carbonyl (C=O) groups excluding carboxylic acids is 1. The standard InChI is InChI=1S/C24H20N4O2/c29-22(17-28-23(30)12-11-21(27-28)18-13-15-25-16-14-18)26-24(19-7-3-1-4-8-19)20-9-5-2-6-10-20/h1-16,24H,17H2,(H,26,29). The van der Waals surface area contributed by atoms with Crippen molar-refractivity contribution in [3.63, 3.8) is 0 Å². The zero-order valence-corrected chi connectivity index (χ0v) is 16.2. The second kappa shape index (κ2) is 8.96. The molecule has 0 aliphatic rings. The molecule has 0 radical (unpaired) electrons. The second-order valence-electron chi connectivity index (χ2n) is 6.77. The number of pyridine rings is 1. The van der Waals surface area contributed by atoms with Crippen LogP contribution in [0.15, 0.2) is 102 Å². The monoisotopic (exact) mass is 396 g/mol. The van der Waals surface area contributed by atoms with Gasteiger partial charge in [0.1, 0.15) is 6.54 Å². The van der Waals surface area contributed by atoms with Gasteiger partial charge >= 0.3 is 0 Å². The fourth-order valence-electron chi connectivity index (χ4n) is 3.23. The fraction of sp³-hybridized carbons (Fsp3) is 0.0833. The zero-order chi connectivity index (χ0) is 20.8. The van der Waals surface area contributed by atoms with Crippen LogP contribution in [0, 0.1) is 0 Å². The van der Waals surface area contributed by atoms with Gasteiger partial charge in [-0.15, -0.1) is 0 Å². The lowest BCUT2D eigenvalue weighted by Gasteiger charge is -2.20. The summed E-state index contributed by atoms with van der Waals surface area (Å²) in [4.78, 5) is 29.1. The van der Waals surface area contributed by atoms with Crippen molar-refractivity contribution in [2.45, 2.75) is 12.6 Å². The van der Waals surface area contributed by atoms with Crippen molar-refractivity contribution in [1.29, 1.82) is 0 Å². The molecular weight excluding hydrogens is 376 g/mol. The van der Waals surface area contributed by atoms with Gasteiger partial charge in [-0.25, -0.2) is 4.68 Å². The van der Waals surface area contributed by atoms with E-state index in [4.69, 9.17) is 0 Å². The van der Waals surface area contributed by atoms with Crippen molar-refractivity contribution in [2.24, 2.45) is 0 Å². The Labute approximate surface area is 173 Å². The van der Waals surface area contributed by atoms with Gasteiger partial charge in [0.2, 0.25) is 5.91 Å². The van der Waals surface area contributed by atoms with Gasteiger partial charge in [0.25, 0.3) is 5.56 Å². The summed E-state index contributed by atoms with van der Waals surface area (Å²) in [5.41, 5.74) is 3.02. The third-order valence-corrected chi connectivity index (χ3v) is 4.71. The maximum absolute atomic E-state index is 12.8. The Balaban J connectivity index is 1.58. The molecule has 0 unspecified atom stereocenters. The smallest absolute Gasteiger partial charge is 0.267 e. The molecule has 6 heteroatoms. The van der Waals surface area contributed by atoms with Crippen LogP contribution in [0.1, 0.15) is 17.2 Å². The Bertz CT molecular complexity index is 1140. The molecule has 2 heterocycles. The fourth-order valence-corrected chi connectivity index (χ4v) is 3.23. The minimum absolute atomic E-state index is 0.173. The van der Waals surface area contributed by atoms with E-state index in [-0.39, 0.29) is 24.1 Å². The van der Waals surface area contributed by atoms with Gasteiger partial charge in [0.15, 0.2) is 0 Å². The highest BCUT2D eigenvalue weighted by Crippen LogP contribution is 2.21. The first-order valence-corrected chi connectivity index (χ1v) is 9.58. The molecule has 1 N–H and O–H groups in total. The Morgan fingerprint density at radius 3 is 2.03 bits per heavy atom. The molecule has 0 fully saturated rings. The minimum Gasteiger partial charge on any atom is -0.344 e. The number of benzene rings is 2. The van der Waals surface area contributed by atoms with Gasteiger partial charge in [0.05, 0.1) is 11.7 Å². The highest BCUT2D eigenvalue weighted by molar-refractivity contribution is 5.76. The molecule has 4 aromatic rings. The summed E-state index contributed by atoms with van der Waals surface area (Å²) in [5, 5.41) is 7.39. The van der Waals surface area contributed by atoms with Crippen LogP contribution < -0.4 is 10.9 Å². The van der Waals surface area contributed by atoms with Crippen LogP contribution in [-0.4, -0.2) is 20.7 Å². The minimum atomic E-state index is -0.334. The van der Waals surface area contributed by atoms with E-state index in [0.717, 1.165) is 16.7 Å². The number of rotatable bonds is 6. The molecule has 2 aromatic heterocycles. The number of aromatic nitrogens is 3. The van der Waals surface area contributed by atoms with Crippen LogP contribution in [-0.2, 0) is 11.3 Å². The van der Waals surface area contributed by atoms with Crippen molar-refractivity contribution in [2.75, 3.05) is 0 Å². The van der Waals surface area contributed by atoms with E-state index in [1.54, 1.807) is 30.6 Å². The molecule has 0 aliphatic heterocycles. The Hall–Kier alpha value is -4.06. The summed E-state index contributed by atoms with van der Waals surface area (Å²) < 4.78 is 1.18. The van der Waals surface area contributed by atoms with Crippen LogP contribution >= 0.6 is 0 Å². The largest absolute Gasteiger partial charge is 0.344 e. The number of hydrogen-bond donors (Lipinski definition) is 1. The average Bonchev–Trinajstić information content (AvgIpc) is 2.81. The lowest BCUT2D eigenvalue weighted by molar-refractivity contribution is -0.122. The molecule has 0 bridgehead atoms. The third kappa shape index (κ3) is 4.50. The molecule has 148 valence electrons.